The molecule has 2 rings (SSSR count). The zero-order valence-electron chi connectivity index (χ0n) is 11.7. The minimum absolute atomic E-state index is 0.0288. The lowest BCUT2D eigenvalue weighted by Crippen LogP contribution is -2.46. The van der Waals surface area contributed by atoms with Crippen LogP contribution in [0.1, 0.15) is 51.2 Å². The number of aryl methyl sites for hydroxylation is 1. The summed E-state index contributed by atoms with van der Waals surface area (Å²) in [7, 11) is 0. The summed E-state index contributed by atoms with van der Waals surface area (Å²) in [5, 5.41) is 6.07. The van der Waals surface area contributed by atoms with E-state index in [0.717, 1.165) is 31.4 Å². The molecule has 106 valence electrons. The second-order valence-electron chi connectivity index (χ2n) is 5.47. The van der Waals surface area contributed by atoms with E-state index < -0.39 is 0 Å². The quantitative estimate of drug-likeness (QED) is 0.858. The zero-order valence-corrected chi connectivity index (χ0v) is 11.7. The molecule has 1 aromatic rings. The predicted molar refractivity (Wildman–Crippen MR) is 75.0 cm³/mol. The SMILES string of the molecule is CC(CCc1ccco1)NC(=O)NC1CCCCC1. The van der Waals surface area contributed by atoms with Gasteiger partial charge in [0.15, 0.2) is 0 Å². The van der Waals surface area contributed by atoms with E-state index in [-0.39, 0.29) is 12.1 Å². The van der Waals surface area contributed by atoms with Gasteiger partial charge in [-0.3, -0.25) is 0 Å². The molecule has 4 nitrogen and oxygen atoms in total. The fourth-order valence-electron chi connectivity index (χ4n) is 2.58. The highest BCUT2D eigenvalue weighted by atomic mass is 16.3. The Kier molecular flexibility index (Phi) is 5.31. The molecule has 4 heteroatoms. The van der Waals surface area contributed by atoms with E-state index in [4.69, 9.17) is 4.42 Å². The van der Waals surface area contributed by atoms with E-state index in [0.29, 0.717) is 6.04 Å². The number of carbonyl (C=O) groups excluding carboxylic acids is 1. The third-order valence-corrected chi connectivity index (χ3v) is 3.72. The highest BCUT2D eigenvalue weighted by molar-refractivity contribution is 5.74. The number of hydrogen-bond acceptors (Lipinski definition) is 2. The average molecular weight is 264 g/mol. The number of furan rings is 1. The zero-order chi connectivity index (χ0) is 13.5. The first-order valence-electron chi connectivity index (χ1n) is 7.33. The van der Waals surface area contributed by atoms with Gasteiger partial charge in [-0.25, -0.2) is 4.79 Å². The molecule has 1 heterocycles. The lowest BCUT2D eigenvalue weighted by Gasteiger charge is -2.24. The van der Waals surface area contributed by atoms with E-state index in [1.165, 1.54) is 19.3 Å². The summed E-state index contributed by atoms with van der Waals surface area (Å²) in [6, 6.07) is 4.36. The first-order valence-corrected chi connectivity index (χ1v) is 7.33. The third kappa shape index (κ3) is 4.97. The van der Waals surface area contributed by atoms with Crippen LogP contribution in [0.2, 0.25) is 0 Å². The van der Waals surface area contributed by atoms with Gasteiger partial charge in [-0.2, -0.15) is 0 Å². The summed E-state index contributed by atoms with van der Waals surface area (Å²) in [5.74, 6) is 0.973. The molecule has 0 bridgehead atoms. The molecule has 1 aromatic heterocycles. The van der Waals surface area contributed by atoms with Gasteiger partial charge in [0, 0.05) is 18.5 Å². The highest BCUT2D eigenvalue weighted by Gasteiger charge is 2.16. The second-order valence-corrected chi connectivity index (χ2v) is 5.47. The van der Waals surface area contributed by atoms with Gasteiger partial charge in [0.2, 0.25) is 0 Å². The lowest BCUT2D eigenvalue weighted by atomic mass is 9.96. The van der Waals surface area contributed by atoms with Gasteiger partial charge in [0.1, 0.15) is 5.76 Å². The molecular weight excluding hydrogens is 240 g/mol. The Balaban J connectivity index is 1.63. The van der Waals surface area contributed by atoms with Crippen LogP contribution in [0.3, 0.4) is 0 Å². The molecule has 0 saturated heterocycles. The van der Waals surface area contributed by atoms with Crippen molar-refractivity contribution < 1.29 is 9.21 Å². The maximum atomic E-state index is 11.8. The van der Waals surface area contributed by atoms with Crippen LogP contribution in [-0.2, 0) is 6.42 Å². The normalized spacial score (nSPS) is 17.9. The van der Waals surface area contributed by atoms with Crippen molar-refractivity contribution >= 4 is 6.03 Å². The van der Waals surface area contributed by atoms with Gasteiger partial charge in [0.25, 0.3) is 0 Å². The van der Waals surface area contributed by atoms with Crippen molar-refractivity contribution in [3.63, 3.8) is 0 Å². The summed E-state index contributed by atoms with van der Waals surface area (Å²) in [4.78, 5) is 11.8. The average Bonchev–Trinajstić information content (AvgIpc) is 2.90. The van der Waals surface area contributed by atoms with Crippen LogP contribution in [-0.4, -0.2) is 18.1 Å². The summed E-state index contributed by atoms with van der Waals surface area (Å²) < 4.78 is 5.28. The van der Waals surface area contributed by atoms with E-state index in [1.54, 1.807) is 6.26 Å². The second kappa shape index (κ2) is 7.22. The minimum atomic E-state index is -0.0288. The summed E-state index contributed by atoms with van der Waals surface area (Å²) >= 11 is 0. The molecule has 19 heavy (non-hydrogen) atoms. The molecule has 1 aliphatic rings. The van der Waals surface area contributed by atoms with Crippen LogP contribution in [0.25, 0.3) is 0 Å². The maximum absolute atomic E-state index is 11.8. The Hall–Kier alpha value is -1.45. The lowest BCUT2D eigenvalue weighted by molar-refractivity contribution is 0.229. The molecule has 1 saturated carbocycles. The van der Waals surface area contributed by atoms with Crippen LogP contribution < -0.4 is 10.6 Å². The smallest absolute Gasteiger partial charge is 0.315 e. The summed E-state index contributed by atoms with van der Waals surface area (Å²) in [6.07, 6.45) is 9.45. The number of nitrogens with one attached hydrogen (secondary N) is 2. The van der Waals surface area contributed by atoms with Crippen molar-refractivity contribution in [3.05, 3.63) is 24.2 Å². The van der Waals surface area contributed by atoms with E-state index in [1.807, 2.05) is 19.1 Å². The predicted octanol–water partition coefficient (Wildman–Crippen LogP) is 3.23. The van der Waals surface area contributed by atoms with Crippen molar-refractivity contribution in [2.45, 2.75) is 64.0 Å². The van der Waals surface area contributed by atoms with Gasteiger partial charge >= 0.3 is 6.03 Å². The molecular formula is C15H24N2O2. The molecule has 1 aliphatic carbocycles. The van der Waals surface area contributed by atoms with Crippen molar-refractivity contribution in [1.29, 1.82) is 0 Å². The Morgan fingerprint density at radius 2 is 2.21 bits per heavy atom. The van der Waals surface area contributed by atoms with E-state index in [9.17, 15) is 4.79 Å². The van der Waals surface area contributed by atoms with Crippen LogP contribution in [0.5, 0.6) is 0 Å². The third-order valence-electron chi connectivity index (χ3n) is 3.72. The molecule has 2 amide bonds. The molecule has 0 aromatic carbocycles. The highest BCUT2D eigenvalue weighted by Crippen LogP contribution is 2.17. The first-order chi connectivity index (χ1) is 9.24. The first kappa shape index (κ1) is 14.0. The molecule has 0 radical (unpaired) electrons. The number of amides is 2. The number of carbonyl (C=O) groups is 1. The van der Waals surface area contributed by atoms with Crippen molar-refractivity contribution in [2.24, 2.45) is 0 Å². The van der Waals surface area contributed by atoms with Crippen molar-refractivity contribution in [3.8, 4) is 0 Å². The Morgan fingerprint density at radius 1 is 1.42 bits per heavy atom. The fourth-order valence-corrected chi connectivity index (χ4v) is 2.58. The topological polar surface area (TPSA) is 54.3 Å². The van der Waals surface area contributed by atoms with Crippen LogP contribution in [0.15, 0.2) is 22.8 Å². The Bertz CT molecular complexity index is 370. The molecule has 1 unspecified atom stereocenters. The van der Waals surface area contributed by atoms with Crippen LogP contribution in [0.4, 0.5) is 4.79 Å². The van der Waals surface area contributed by atoms with Gasteiger partial charge in [-0.1, -0.05) is 19.3 Å². The van der Waals surface area contributed by atoms with E-state index in [2.05, 4.69) is 10.6 Å². The monoisotopic (exact) mass is 264 g/mol. The number of rotatable bonds is 5. The van der Waals surface area contributed by atoms with Gasteiger partial charge in [0.05, 0.1) is 6.26 Å². The van der Waals surface area contributed by atoms with Gasteiger partial charge in [-0.05, 0) is 38.3 Å². The van der Waals surface area contributed by atoms with Crippen molar-refractivity contribution in [1.82, 2.24) is 10.6 Å². The molecule has 1 atom stereocenters. The number of urea groups is 1. The van der Waals surface area contributed by atoms with Crippen LogP contribution >= 0.6 is 0 Å². The standard InChI is InChI=1S/C15H24N2O2/c1-12(9-10-14-8-5-11-19-14)16-15(18)17-13-6-3-2-4-7-13/h5,8,11-13H,2-4,6-7,9-10H2,1H3,(H2,16,17,18). The molecule has 0 spiro atoms. The summed E-state index contributed by atoms with van der Waals surface area (Å²) in [5.41, 5.74) is 0. The van der Waals surface area contributed by atoms with Crippen molar-refractivity contribution in [2.75, 3.05) is 0 Å². The van der Waals surface area contributed by atoms with Crippen LogP contribution in [0, 0.1) is 0 Å². The molecule has 2 N–H and O–H groups in total. The maximum Gasteiger partial charge on any atom is 0.315 e. The summed E-state index contributed by atoms with van der Waals surface area (Å²) in [6.45, 7) is 2.03. The molecule has 1 fully saturated rings. The minimum Gasteiger partial charge on any atom is -0.469 e. The Labute approximate surface area is 114 Å². The van der Waals surface area contributed by atoms with E-state index >= 15 is 0 Å². The molecule has 0 aliphatic heterocycles. The largest absolute Gasteiger partial charge is 0.469 e. The Morgan fingerprint density at radius 3 is 2.89 bits per heavy atom. The van der Waals surface area contributed by atoms with Gasteiger partial charge < -0.3 is 15.1 Å². The van der Waals surface area contributed by atoms with Gasteiger partial charge in [-0.15, -0.1) is 0 Å². The number of hydrogen-bond donors (Lipinski definition) is 2. The fraction of sp³-hybridized carbons (Fsp3) is 0.667.